The van der Waals surface area contributed by atoms with E-state index in [1.165, 1.54) is 4.41 Å². The van der Waals surface area contributed by atoms with Gasteiger partial charge in [0.05, 0.1) is 16.1 Å². The molecule has 142 valence electrons. The zero-order chi connectivity index (χ0) is 19.7. The van der Waals surface area contributed by atoms with Crippen LogP contribution in [0.3, 0.4) is 0 Å². The van der Waals surface area contributed by atoms with E-state index in [1.807, 2.05) is 62.4 Å². The number of hydrazone groups is 1. The summed E-state index contributed by atoms with van der Waals surface area (Å²) < 4.78 is 28.2. The summed E-state index contributed by atoms with van der Waals surface area (Å²) in [7, 11) is -3.77. The van der Waals surface area contributed by atoms with Gasteiger partial charge in [0.1, 0.15) is 0 Å². The number of hydrogen-bond acceptors (Lipinski definition) is 3. The first kappa shape index (κ1) is 19.4. The summed E-state index contributed by atoms with van der Waals surface area (Å²) in [5, 5.41) is 4.61. The second-order valence-electron chi connectivity index (χ2n) is 7.26. The van der Waals surface area contributed by atoms with Gasteiger partial charge < -0.3 is 0 Å². The highest BCUT2D eigenvalue weighted by molar-refractivity contribution is 7.89. The molecule has 0 aliphatic carbocycles. The molecule has 1 heterocycles. The molecule has 0 fully saturated rings. The van der Waals surface area contributed by atoms with Gasteiger partial charge in [0.25, 0.3) is 10.0 Å². The molecule has 1 aliphatic heterocycles. The van der Waals surface area contributed by atoms with Crippen molar-refractivity contribution in [3.05, 3.63) is 78.4 Å². The number of sulfonamides is 1. The van der Waals surface area contributed by atoms with Crippen molar-refractivity contribution in [2.24, 2.45) is 11.0 Å². The molecule has 0 radical (unpaired) electrons. The van der Waals surface area contributed by atoms with Crippen molar-refractivity contribution in [1.29, 1.82) is 0 Å². The molecule has 0 unspecified atom stereocenters. The summed E-state index contributed by atoms with van der Waals surface area (Å²) >= 11 is 0. The lowest BCUT2D eigenvalue weighted by molar-refractivity contribution is 0.179. The van der Waals surface area contributed by atoms with Gasteiger partial charge in [0, 0.05) is 12.3 Å². The maximum atomic E-state index is 13.5. The van der Waals surface area contributed by atoms with Crippen LogP contribution < -0.4 is 0 Å². The van der Waals surface area contributed by atoms with Crippen LogP contribution >= 0.6 is 0 Å². The Bertz CT molecular complexity index is 950. The molecule has 0 spiro atoms. The van der Waals surface area contributed by atoms with Crippen LogP contribution in [0.1, 0.15) is 37.8 Å². The minimum atomic E-state index is -3.77. The van der Waals surface area contributed by atoms with E-state index in [0.29, 0.717) is 6.42 Å². The van der Waals surface area contributed by atoms with Crippen LogP contribution in [0.4, 0.5) is 0 Å². The summed E-state index contributed by atoms with van der Waals surface area (Å²) in [4.78, 5) is 0.260. The summed E-state index contributed by atoms with van der Waals surface area (Å²) in [6.45, 7) is 9.90. The van der Waals surface area contributed by atoms with Crippen molar-refractivity contribution in [3.63, 3.8) is 0 Å². The Hall–Kier alpha value is -2.40. The standard InChI is InChI=1S/C22H26N2O2S/c1-5-19(6-2)22(4)16-21(18-10-8-7-9-11-18)23-24(22)27(25,26)20-14-12-17(3)13-15-20/h5,7-15,19H,1,6,16H2,2-4H3/t19-,22+/m0/s1. The summed E-state index contributed by atoms with van der Waals surface area (Å²) in [6.07, 6.45) is 3.19. The average Bonchev–Trinajstić information content (AvgIpc) is 3.03. The number of hydrogen-bond donors (Lipinski definition) is 0. The third-order valence-electron chi connectivity index (χ3n) is 5.35. The van der Waals surface area contributed by atoms with Crippen molar-refractivity contribution >= 4 is 15.7 Å². The molecular formula is C22H26N2O2S. The molecule has 5 heteroatoms. The van der Waals surface area contributed by atoms with Crippen molar-refractivity contribution < 1.29 is 8.42 Å². The van der Waals surface area contributed by atoms with Gasteiger partial charge in [-0.2, -0.15) is 17.9 Å². The molecule has 2 aromatic rings. The van der Waals surface area contributed by atoms with Crippen LogP contribution in [0.15, 0.2) is 77.2 Å². The molecular weight excluding hydrogens is 356 g/mol. The van der Waals surface area contributed by atoms with Crippen molar-refractivity contribution in [2.45, 2.75) is 44.0 Å². The fraction of sp³-hybridized carbons (Fsp3) is 0.318. The van der Waals surface area contributed by atoms with Crippen LogP contribution in [-0.4, -0.2) is 24.1 Å². The highest BCUT2D eigenvalue weighted by atomic mass is 32.2. The normalized spacial score (nSPS) is 21.0. The van der Waals surface area contributed by atoms with Crippen LogP contribution in [0.5, 0.6) is 0 Å². The molecule has 2 atom stereocenters. The van der Waals surface area contributed by atoms with Gasteiger partial charge in [0.15, 0.2) is 0 Å². The zero-order valence-corrected chi connectivity index (χ0v) is 16.9. The van der Waals surface area contributed by atoms with Gasteiger partial charge in [-0.25, -0.2) is 0 Å². The van der Waals surface area contributed by atoms with Crippen LogP contribution in [0.2, 0.25) is 0 Å². The van der Waals surface area contributed by atoms with Gasteiger partial charge >= 0.3 is 0 Å². The molecule has 0 saturated carbocycles. The Morgan fingerprint density at radius 2 is 1.81 bits per heavy atom. The molecule has 1 aliphatic rings. The molecule has 27 heavy (non-hydrogen) atoms. The van der Waals surface area contributed by atoms with Gasteiger partial charge in [-0.15, -0.1) is 6.58 Å². The number of nitrogens with zero attached hydrogens (tertiary/aromatic N) is 2. The largest absolute Gasteiger partial charge is 0.279 e. The first-order valence-electron chi connectivity index (χ1n) is 9.20. The summed E-state index contributed by atoms with van der Waals surface area (Å²) in [5.74, 6) is -0.0114. The fourth-order valence-corrected chi connectivity index (χ4v) is 5.36. The van der Waals surface area contributed by atoms with Crippen molar-refractivity contribution in [3.8, 4) is 0 Å². The minimum Gasteiger partial charge on any atom is -0.200 e. The highest BCUT2D eigenvalue weighted by Crippen LogP contribution is 2.41. The molecule has 0 N–H and O–H groups in total. The molecule has 4 nitrogen and oxygen atoms in total. The van der Waals surface area contributed by atoms with E-state index < -0.39 is 15.6 Å². The highest BCUT2D eigenvalue weighted by Gasteiger charge is 2.49. The summed E-state index contributed by atoms with van der Waals surface area (Å²) in [6, 6.07) is 16.7. The predicted octanol–water partition coefficient (Wildman–Crippen LogP) is 4.76. The van der Waals surface area contributed by atoms with E-state index >= 15 is 0 Å². The Kier molecular flexibility index (Phi) is 5.24. The average molecular weight is 383 g/mol. The second-order valence-corrected chi connectivity index (χ2v) is 9.03. The molecule has 0 amide bonds. The monoisotopic (exact) mass is 382 g/mol. The van der Waals surface area contributed by atoms with Crippen molar-refractivity contribution in [1.82, 2.24) is 4.41 Å². The number of benzene rings is 2. The zero-order valence-electron chi connectivity index (χ0n) is 16.1. The fourth-order valence-electron chi connectivity index (χ4n) is 3.73. The van der Waals surface area contributed by atoms with E-state index in [1.54, 1.807) is 12.1 Å². The van der Waals surface area contributed by atoms with Gasteiger partial charge in [-0.05, 0) is 38.0 Å². The minimum absolute atomic E-state index is 0.0114. The Morgan fingerprint density at radius 3 is 2.37 bits per heavy atom. The molecule has 0 aromatic heterocycles. The van der Waals surface area contributed by atoms with Gasteiger partial charge in [-0.1, -0.05) is 61.0 Å². The van der Waals surface area contributed by atoms with Crippen molar-refractivity contribution in [2.75, 3.05) is 0 Å². The topological polar surface area (TPSA) is 49.7 Å². The van der Waals surface area contributed by atoms with Gasteiger partial charge in [-0.3, -0.25) is 0 Å². The smallest absolute Gasteiger partial charge is 0.200 e. The van der Waals surface area contributed by atoms with E-state index in [0.717, 1.165) is 23.3 Å². The first-order valence-corrected chi connectivity index (χ1v) is 10.6. The lowest BCUT2D eigenvalue weighted by Gasteiger charge is -2.38. The molecule has 2 aromatic carbocycles. The Morgan fingerprint density at radius 1 is 1.19 bits per heavy atom. The molecule has 0 bridgehead atoms. The van der Waals surface area contributed by atoms with E-state index in [2.05, 4.69) is 18.6 Å². The second kappa shape index (κ2) is 7.31. The maximum absolute atomic E-state index is 13.5. The maximum Gasteiger partial charge on any atom is 0.279 e. The number of rotatable bonds is 6. The van der Waals surface area contributed by atoms with E-state index in [-0.39, 0.29) is 10.8 Å². The lowest BCUT2D eigenvalue weighted by atomic mass is 9.80. The Labute approximate surface area is 162 Å². The van der Waals surface area contributed by atoms with E-state index in [9.17, 15) is 8.42 Å². The van der Waals surface area contributed by atoms with Crippen LogP contribution in [0, 0.1) is 12.8 Å². The van der Waals surface area contributed by atoms with Crippen LogP contribution in [0.25, 0.3) is 0 Å². The quantitative estimate of drug-likeness (QED) is 0.676. The first-order chi connectivity index (χ1) is 12.8. The lowest BCUT2D eigenvalue weighted by Crippen LogP contribution is -2.48. The third-order valence-corrected chi connectivity index (χ3v) is 7.17. The van der Waals surface area contributed by atoms with E-state index in [4.69, 9.17) is 0 Å². The predicted molar refractivity (Wildman–Crippen MR) is 110 cm³/mol. The van der Waals surface area contributed by atoms with Gasteiger partial charge in [0.2, 0.25) is 0 Å². The molecule has 0 saturated heterocycles. The third kappa shape index (κ3) is 3.44. The SMILES string of the molecule is C=C[C@@H](CC)[C@@]1(C)CC(c2ccccc2)=NN1S(=O)(=O)c1ccc(C)cc1. The summed E-state index contributed by atoms with van der Waals surface area (Å²) in [5.41, 5.74) is 2.06. The number of aryl methyl sites for hydroxylation is 1. The van der Waals surface area contributed by atoms with Crippen LogP contribution in [-0.2, 0) is 10.0 Å². The Balaban J connectivity index is 2.13. The molecule has 3 rings (SSSR count).